The zero-order valence-corrected chi connectivity index (χ0v) is 17.4. The number of hydrogen-bond acceptors (Lipinski definition) is 6. The van der Waals surface area contributed by atoms with Gasteiger partial charge in [-0.05, 0) is 60.2 Å². The van der Waals surface area contributed by atoms with E-state index in [0.717, 1.165) is 28.0 Å². The first-order chi connectivity index (χ1) is 15.1. The van der Waals surface area contributed by atoms with Gasteiger partial charge in [0.05, 0.1) is 13.3 Å². The number of fused-ring (bicyclic) bond motifs is 1. The fourth-order valence-electron chi connectivity index (χ4n) is 2.88. The van der Waals surface area contributed by atoms with Crippen molar-refractivity contribution in [2.24, 2.45) is 5.10 Å². The number of para-hydroxylation sites is 2. The largest absolute Gasteiger partial charge is 0.496 e. The smallest absolute Gasteiger partial charge is 0.271 e. The van der Waals surface area contributed by atoms with Crippen molar-refractivity contribution in [3.05, 3.63) is 89.2 Å². The standard InChI is InChI=1S/C23H18FN3O3S/c1-29-20-11-6-15(13-25-27-22(28)16-7-9-18(24)10-8-16)12-17(20)14-31-23-26-19-4-2-3-5-21(19)30-23/h2-13H,14H2,1H3,(H,27,28)/b25-13+. The summed E-state index contributed by atoms with van der Waals surface area (Å²) in [5, 5.41) is 4.56. The lowest BCUT2D eigenvalue weighted by atomic mass is 10.1. The van der Waals surface area contributed by atoms with Crippen LogP contribution in [0.5, 0.6) is 5.75 Å². The number of hydrazone groups is 1. The Kier molecular flexibility index (Phi) is 6.28. The number of benzene rings is 3. The summed E-state index contributed by atoms with van der Waals surface area (Å²) in [7, 11) is 1.61. The minimum atomic E-state index is -0.420. The molecule has 0 aliphatic heterocycles. The number of ether oxygens (including phenoxy) is 1. The minimum absolute atomic E-state index is 0.323. The molecule has 0 bridgehead atoms. The van der Waals surface area contributed by atoms with Gasteiger partial charge in [0, 0.05) is 16.9 Å². The van der Waals surface area contributed by atoms with Crippen LogP contribution in [0.15, 0.2) is 81.5 Å². The number of hydrogen-bond donors (Lipinski definition) is 1. The van der Waals surface area contributed by atoms with Gasteiger partial charge in [-0.25, -0.2) is 14.8 Å². The topological polar surface area (TPSA) is 76.7 Å². The predicted octanol–water partition coefficient (Wildman–Crippen LogP) is 5.03. The zero-order chi connectivity index (χ0) is 21.6. The van der Waals surface area contributed by atoms with Crippen LogP contribution in [-0.4, -0.2) is 24.2 Å². The Hall–Kier alpha value is -3.65. The Balaban J connectivity index is 1.43. The van der Waals surface area contributed by atoms with Crippen LogP contribution in [0.2, 0.25) is 0 Å². The summed E-state index contributed by atoms with van der Waals surface area (Å²) in [6.07, 6.45) is 1.54. The Bertz CT molecular complexity index is 1210. The molecule has 3 aromatic carbocycles. The van der Waals surface area contributed by atoms with E-state index in [2.05, 4.69) is 15.5 Å². The Labute approximate surface area is 182 Å². The highest BCUT2D eigenvalue weighted by Gasteiger charge is 2.10. The summed E-state index contributed by atoms with van der Waals surface area (Å²) in [4.78, 5) is 16.5. The van der Waals surface area contributed by atoms with Gasteiger partial charge >= 0.3 is 0 Å². The number of nitrogens with zero attached hydrogens (tertiary/aromatic N) is 2. The highest BCUT2D eigenvalue weighted by atomic mass is 32.2. The number of carbonyl (C=O) groups excluding carboxylic acids is 1. The summed E-state index contributed by atoms with van der Waals surface area (Å²) < 4.78 is 24.2. The molecule has 0 spiro atoms. The summed E-state index contributed by atoms with van der Waals surface area (Å²) in [5.74, 6) is 0.494. The van der Waals surface area contributed by atoms with Gasteiger partial charge in [-0.15, -0.1) is 0 Å². The molecule has 0 aliphatic carbocycles. The molecule has 0 aliphatic rings. The number of rotatable bonds is 7. The van der Waals surface area contributed by atoms with Gasteiger partial charge in [0.25, 0.3) is 11.1 Å². The third kappa shape index (κ3) is 5.10. The number of methoxy groups -OCH3 is 1. The van der Waals surface area contributed by atoms with Gasteiger partial charge in [-0.3, -0.25) is 4.79 Å². The molecule has 156 valence electrons. The lowest BCUT2D eigenvalue weighted by Crippen LogP contribution is -2.17. The average Bonchev–Trinajstić information content (AvgIpc) is 3.21. The zero-order valence-electron chi connectivity index (χ0n) is 16.5. The first kappa shape index (κ1) is 20.6. The normalized spacial score (nSPS) is 11.2. The maximum absolute atomic E-state index is 13.0. The molecule has 1 N–H and O–H groups in total. The van der Waals surface area contributed by atoms with E-state index in [4.69, 9.17) is 9.15 Å². The van der Waals surface area contributed by atoms with Crippen LogP contribution in [-0.2, 0) is 5.75 Å². The first-order valence-electron chi connectivity index (χ1n) is 9.36. The number of amides is 1. The van der Waals surface area contributed by atoms with Crippen molar-refractivity contribution in [3.63, 3.8) is 0 Å². The molecular weight excluding hydrogens is 417 g/mol. The first-order valence-corrected chi connectivity index (χ1v) is 10.4. The average molecular weight is 435 g/mol. The Morgan fingerprint density at radius 2 is 2.00 bits per heavy atom. The maximum Gasteiger partial charge on any atom is 0.271 e. The summed E-state index contributed by atoms with van der Waals surface area (Å²) in [6, 6.07) is 18.4. The second kappa shape index (κ2) is 9.44. The van der Waals surface area contributed by atoms with Gasteiger partial charge in [0.15, 0.2) is 5.58 Å². The molecule has 0 radical (unpaired) electrons. The van der Waals surface area contributed by atoms with Crippen LogP contribution in [0.3, 0.4) is 0 Å². The molecule has 8 heteroatoms. The van der Waals surface area contributed by atoms with Crippen LogP contribution in [0.25, 0.3) is 11.1 Å². The molecule has 31 heavy (non-hydrogen) atoms. The summed E-state index contributed by atoms with van der Waals surface area (Å²) >= 11 is 1.46. The van der Waals surface area contributed by atoms with Crippen molar-refractivity contribution >= 4 is 35.0 Å². The van der Waals surface area contributed by atoms with Crippen LogP contribution in [0.4, 0.5) is 4.39 Å². The molecule has 0 saturated heterocycles. The van der Waals surface area contributed by atoms with E-state index in [1.807, 2.05) is 42.5 Å². The Morgan fingerprint density at radius 3 is 2.77 bits per heavy atom. The SMILES string of the molecule is COc1ccc(/C=N/NC(=O)c2ccc(F)cc2)cc1CSc1nc2ccccc2o1. The number of oxazole rings is 1. The van der Waals surface area contributed by atoms with E-state index in [1.54, 1.807) is 7.11 Å². The van der Waals surface area contributed by atoms with Gasteiger partial charge in [0.2, 0.25) is 0 Å². The van der Waals surface area contributed by atoms with Crippen molar-refractivity contribution < 1.29 is 18.3 Å². The van der Waals surface area contributed by atoms with Gasteiger partial charge in [-0.1, -0.05) is 23.9 Å². The van der Waals surface area contributed by atoms with Crippen LogP contribution >= 0.6 is 11.8 Å². The van der Waals surface area contributed by atoms with Crippen molar-refractivity contribution in [1.29, 1.82) is 0 Å². The maximum atomic E-state index is 13.0. The van der Waals surface area contributed by atoms with E-state index in [9.17, 15) is 9.18 Å². The number of nitrogens with one attached hydrogen (secondary N) is 1. The van der Waals surface area contributed by atoms with E-state index in [1.165, 1.54) is 42.2 Å². The second-order valence-corrected chi connectivity index (χ2v) is 7.44. The fourth-order valence-corrected chi connectivity index (χ4v) is 3.69. The highest BCUT2D eigenvalue weighted by molar-refractivity contribution is 7.98. The van der Waals surface area contributed by atoms with Gasteiger partial charge < -0.3 is 9.15 Å². The molecule has 1 amide bonds. The fraction of sp³-hybridized carbons (Fsp3) is 0.0870. The van der Waals surface area contributed by atoms with Crippen molar-refractivity contribution in [2.75, 3.05) is 7.11 Å². The van der Waals surface area contributed by atoms with Gasteiger partial charge in [-0.2, -0.15) is 5.10 Å². The molecule has 4 aromatic rings. The molecule has 0 atom stereocenters. The molecule has 4 rings (SSSR count). The molecular formula is C23H18FN3O3S. The summed E-state index contributed by atoms with van der Waals surface area (Å²) in [6.45, 7) is 0. The molecule has 6 nitrogen and oxygen atoms in total. The molecule has 1 heterocycles. The number of thioether (sulfide) groups is 1. The second-order valence-electron chi connectivity index (χ2n) is 6.51. The van der Waals surface area contributed by atoms with E-state index < -0.39 is 11.7 Å². The molecule has 0 fully saturated rings. The third-order valence-corrected chi connectivity index (χ3v) is 5.29. The van der Waals surface area contributed by atoms with Crippen LogP contribution in [0, 0.1) is 5.82 Å². The van der Waals surface area contributed by atoms with Crippen molar-refractivity contribution in [1.82, 2.24) is 10.4 Å². The molecule has 1 aromatic heterocycles. The third-order valence-electron chi connectivity index (χ3n) is 4.42. The summed E-state index contributed by atoms with van der Waals surface area (Å²) in [5.41, 5.74) is 6.04. The van der Waals surface area contributed by atoms with Crippen LogP contribution < -0.4 is 10.2 Å². The lowest BCUT2D eigenvalue weighted by Gasteiger charge is -2.08. The number of carbonyl (C=O) groups is 1. The molecule has 0 saturated carbocycles. The quantitative estimate of drug-likeness (QED) is 0.250. The molecule has 0 unspecified atom stereocenters. The van der Waals surface area contributed by atoms with Gasteiger partial charge in [0.1, 0.15) is 17.1 Å². The monoisotopic (exact) mass is 435 g/mol. The van der Waals surface area contributed by atoms with Crippen molar-refractivity contribution in [3.8, 4) is 5.75 Å². The lowest BCUT2D eigenvalue weighted by molar-refractivity contribution is 0.0955. The van der Waals surface area contributed by atoms with E-state index >= 15 is 0 Å². The van der Waals surface area contributed by atoms with E-state index in [-0.39, 0.29) is 0 Å². The number of halogens is 1. The van der Waals surface area contributed by atoms with Crippen LogP contribution in [0.1, 0.15) is 21.5 Å². The minimum Gasteiger partial charge on any atom is -0.496 e. The number of aromatic nitrogens is 1. The highest BCUT2D eigenvalue weighted by Crippen LogP contribution is 2.30. The Morgan fingerprint density at radius 1 is 1.19 bits per heavy atom. The van der Waals surface area contributed by atoms with Crippen molar-refractivity contribution in [2.45, 2.75) is 11.0 Å². The van der Waals surface area contributed by atoms with E-state index in [0.29, 0.717) is 16.5 Å². The predicted molar refractivity (Wildman–Crippen MR) is 118 cm³/mol.